The van der Waals surface area contributed by atoms with Crippen molar-refractivity contribution < 1.29 is 28.6 Å². The van der Waals surface area contributed by atoms with Crippen LogP contribution in [0.1, 0.15) is 239 Å². The first-order valence-electron chi connectivity index (χ1n) is 25.5. The summed E-state index contributed by atoms with van der Waals surface area (Å²) in [5.74, 6) is -0.953. The van der Waals surface area contributed by atoms with Gasteiger partial charge in [-0.05, 0) is 77.0 Å². The van der Waals surface area contributed by atoms with E-state index in [-0.39, 0.29) is 31.1 Å². The average Bonchev–Trinajstić information content (AvgIpc) is 3.26. The number of hydrogen-bond donors (Lipinski definition) is 0. The van der Waals surface area contributed by atoms with E-state index in [0.29, 0.717) is 19.3 Å². The third-order valence-corrected chi connectivity index (χ3v) is 10.8. The average molecular weight is 851 g/mol. The molecule has 0 saturated carbocycles. The number of unbranched alkanes of at least 4 members (excludes halogenated alkanes) is 24. The number of esters is 3. The molecule has 0 spiro atoms. The number of allylic oxidation sites excluding steroid dienone is 12. The lowest BCUT2D eigenvalue weighted by Gasteiger charge is -2.18. The molecule has 0 aromatic heterocycles. The normalized spacial score (nSPS) is 12.6. The topological polar surface area (TPSA) is 78.9 Å². The van der Waals surface area contributed by atoms with Crippen molar-refractivity contribution in [3.05, 3.63) is 72.9 Å². The second-order valence-corrected chi connectivity index (χ2v) is 16.8. The maximum Gasteiger partial charge on any atom is 0.306 e. The summed E-state index contributed by atoms with van der Waals surface area (Å²) in [6.45, 7) is 6.45. The summed E-state index contributed by atoms with van der Waals surface area (Å²) < 4.78 is 16.7. The lowest BCUT2D eigenvalue weighted by atomic mass is 10.0. The van der Waals surface area contributed by atoms with E-state index < -0.39 is 6.10 Å². The first-order valence-corrected chi connectivity index (χ1v) is 25.5. The highest BCUT2D eigenvalue weighted by Gasteiger charge is 2.19. The Labute approximate surface area is 376 Å². The maximum atomic E-state index is 12.8. The van der Waals surface area contributed by atoms with Gasteiger partial charge >= 0.3 is 17.9 Å². The number of rotatable bonds is 45. The van der Waals surface area contributed by atoms with Crippen molar-refractivity contribution in [3.8, 4) is 0 Å². The summed E-state index contributed by atoms with van der Waals surface area (Å²) in [5.41, 5.74) is 0. The minimum Gasteiger partial charge on any atom is -0.462 e. The van der Waals surface area contributed by atoms with Crippen LogP contribution in [-0.2, 0) is 28.6 Å². The van der Waals surface area contributed by atoms with Gasteiger partial charge in [0.1, 0.15) is 13.2 Å². The predicted molar refractivity (Wildman–Crippen MR) is 261 cm³/mol. The molecule has 0 saturated heterocycles. The van der Waals surface area contributed by atoms with Crippen molar-refractivity contribution >= 4 is 17.9 Å². The van der Waals surface area contributed by atoms with Crippen molar-refractivity contribution in [2.45, 2.75) is 245 Å². The minimum absolute atomic E-state index is 0.0970. The summed E-state index contributed by atoms with van der Waals surface area (Å²) in [5, 5.41) is 0. The highest BCUT2D eigenvalue weighted by Crippen LogP contribution is 2.14. The zero-order chi connectivity index (χ0) is 44.4. The zero-order valence-corrected chi connectivity index (χ0v) is 39.9. The Morgan fingerprint density at radius 3 is 1.16 bits per heavy atom. The van der Waals surface area contributed by atoms with Gasteiger partial charge in [-0.2, -0.15) is 0 Å². The van der Waals surface area contributed by atoms with Crippen LogP contribution < -0.4 is 0 Å². The molecule has 0 N–H and O–H groups in total. The molecule has 0 aromatic rings. The van der Waals surface area contributed by atoms with Crippen LogP contribution in [0.3, 0.4) is 0 Å². The monoisotopic (exact) mass is 851 g/mol. The Morgan fingerprint density at radius 2 is 0.705 bits per heavy atom. The van der Waals surface area contributed by atoms with Gasteiger partial charge in [0, 0.05) is 19.3 Å². The lowest BCUT2D eigenvalue weighted by Crippen LogP contribution is -2.30. The molecule has 61 heavy (non-hydrogen) atoms. The van der Waals surface area contributed by atoms with Crippen molar-refractivity contribution in [1.29, 1.82) is 0 Å². The Hall–Kier alpha value is -3.15. The lowest BCUT2D eigenvalue weighted by molar-refractivity contribution is -0.167. The molecule has 0 bridgehead atoms. The molecule has 350 valence electrons. The van der Waals surface area contributed by atoms with Crippen LogP contribution >= 0.6 is 0 Å². The summed E-state index contributed by atoms with van der Waals surface area (Å²) in [7, 11) is 0. The molecule has 6 nitrogen and oxygen atoms in total. The van der Waals surface area contributed by atoms with Crippen LogP contribution in [0.15, 0.2) is 72.9 Å². The van der Waals surface area contributed by atoms with Gasteiger partial charge in [-0.1, -0.05) is 216 Å². The third-order valence-electron chi connectivity index (χ3n) is 10.8. The van der Waals surface area contributed by atoms with Gasteiger partial charge in [0.15, 0.2) is 6.10 Å². The molecule has 1 unspecified atom stereocenters. The van der Waals surface area contributed by atoms with Gasteiger partial charge in [-0.3, -0.25) is 14.4 Å². The Bertz CT molecular complexity index is 1160. The van der Waals surface area contributed by atoms with Gasteiger partial charge in [-0.15, -0.1) is 0 Å². The van der Waals surface area contributed by atoms with Gasteiger partial charge in [0.2, 0.25) is 0 Å². The van der Waals surface area contributed by atoms with Crippen LogP contribution in [0.4, 0.5) is 0 Å². The van der Waals surface area contributed by atoms with Crippen LogP contribution in [0.5, 0.6) is 0 Å². The molecule has 0 amide bonds. The number of carbonyl (C=O) groups is 3. The first kappa shape index (κ1) is 57.9. The predicted octanol–water partition coefficient (Wildman–Crippen LogP) is 16.6. The first-order chi connectivity index (χ1) is 30.0. The highest BCUT2D eigenvalue weighted by molar-refractivity contribution is 5.71. The SMILES string of the molecule is CC/C=C\C/C=C\C/C=C\CCCCC(=O)OCC(COC(=O)CCCCCCC\C=C/C=C\C=C/CCCCCCC)OC(=O)CCCCCCCCCCCCCCC. The number of ether oxygens (including phenoxy) is 3. The molecule has 0 aromatic carbocycles. The number of hydrogen-bond acceptors (Lipinski definition) is 6. The third kappa shape index (κ3) is 47.7. The van der Waals surface area contributed by atoms with E-state index >= 15 is 0 Å². The Kier molecular flexibility index (Phi) is 46.9. The minimum atomic E-state index is -0.796. The van der Waals surface area contributed by atoms with Crippen LogP contribution in [0.2, 0.25) is 0 Å². The molecule has 0 heterocycles. The van der Waals surface area contributed by atoms with E-state index in [1.165, 1.54) is 96.3 Å². The van der Waals surface area contributed by atoms with Crippen LogP contribution in [0.25, 0.3) is 0 Å². The molecule has 0 aliphatic carbocycles. The van der Waals surface area contributed by atoms with Crippen molar-refractivity contribution in [3.63, 3.8) is 0 Å². The molecular formula is C55H94O6. The summed E-state index contributed by atoms with van der Waals surface area (Å²) >= 11 is 0. The van der Waals surface area contributed by atoms with E-state index in [1.807, 2.05) is 0 Å². The smallest absolute Gasteiger partial charge is 0.306 e. The van der Waals surface area contributed by atoms with Crippen molar-refractivity contribution in [2.75, 3.05) is 13.2 Å². The molecule has 0 radical (unpaired) electrons. The summed E-state index contributed by atoms with van der Waals surface area (Å²) in [4.78, 5) is 37.9. The molecule has 1 atom stereocenters. The van der Waals surface area contributed by atoms with E-state index in [1.54, 1.807) is 0 Å². The second kappa shape index (κ2) is 49.5. The van der Waals surface area contributed by atoms with Gasteiger partial charge < -0.3 is 14.2 Å². The quantitative estimate of drug-likeness (QED) is 0.0200. The van der Waals surface area contributed by atoms with Crippen LogP contribution in [0, 0.1) is 0 Å². The van der Waals surface area contributed by atoms with Gasteiger partial charge in [0.25, 0.3) is 0 Å². The number of carbonyl (C=O) groups excluding carboxylic acids is 3. The van der Waals surface area contributed by atoms with E-state index in [9.17, 15) is 14.4 Å². The summed E-state index contributed by atoms with van der Waals surface area (Å²) in [6, 6.07) is 0. The fourth-order valence-corrected chi connectivity index (χ4v) is 6.93. The van der Waals surface area contributed by atoms with E-state index in [2.05, 4.69) is 93.7 Å². The standard InChI is InChI=1S/C55H94O6/c1-4-7-10-13-16-19-22-25-26-27-28-29-31-33-36-39-42-45-48-54(57)60-51-52(50-59-53(56)47-44-41-38-35-32-24-21-18-15-12-9-6-3)61-55(58)49-46-43-40-37-34-30-23-20-17-14-11-8-5-2/h9,12,18,21-22,25-29,32,35,52H,4-8,10-11,13-17,19-20,23-24,30-31,33-34,36-51H2,1-3H3/b12-9-,21-18-,25-22-,27-26-,29-28-,35-32-. The largest absolute Gasteiger partial charge is 0.462 e. The van der Waals surface area contributed by atoms with E-state index in [0.717, 1.165) is 103 Å². The molecule has 0 aliphatic rings. The molecule has 0 fully saturated rings. The molecule has 0 aliphatic heterocycles. The van der Waals surface area contributed by atoms with Gasteiger partial charge in [-0.25, -0.2) is 0 Å². The fraction of sp³-hybridized carbons (Fsp3) is 0.727. The molecular weight excluding hydrogens is 757 g/mol. The molecule has 0 rings (SSSR count). The fourth-order valence-electron chi connectivity index (χ4n) is 6.93. The summed E-state index contributed by atoms with van der Waals surface area (Å²) in [6.07, 6.45) is 61.7. The van der Waals surface area contributed by atoms with Gasteiger partial charge in [0.05, 0.1) is 0 Å². The van der Waals surface area contributed by atoms with Crippen molar-refractivity contribution in [1.82, 2.24) is 0 Å². The van der Waals surface area contributed by atoms with Crippen LogP contribution in [-0.4, -0.2) is 37.2 Å². The Balaban J connectivity index is 4.44. The van der Waals surface area contributed by atoms with Crippen molar-refractivity contribution in [2.24, 2.45) is 0 Å². The zero-order valence-electron chi connectivity index (χ0n) is 39.9. The highest BCUT2D eigenvalue weighted by atomic mass is 16.6. The van der Waals surface area contributed by atoms with E-state index in [4.69, 9.17) is 14.2 Å². The molecule has 6 heteroatoms. The Morgan fingerprint density at radius 1 is 0.361 bits per heavy atom. The second-order valence-electron chi connectivity index (χ2n) is 16.8. The maximum absolute atomic E-state index is 12.8.